The van der Waals surface area contributed by atoms with E-state index in [-0.39, 0.29) is 0 Å². The van der Waals surface area contributed by atoms with Gasteiger partial charge >= 0.3 is 0 Å². The van der Waals surface area contributed by atoms with E-state index in [9.17, 15) is 5.11 Å². The van der Waals surface area contributed by atoms with E-state index in [1.807, 2.05) is 24.3 Å². The van der Waals surface area contributed by atoms with Crippen LogP contribution in [-0.2, 0) is 0 Å². The average molecular weight is 229 g/mol. The third-order valence-electron chi connectivity index (χ3n) is 3.23. The van der Waals surface area contributed by atoms with E-state index in [1.54, 1.807) is 6.20 Å². The zero-order valence-electron chi connectivity index (χ0n) is 9.48. The minimum absolute atomic E-state index is 0.531. The Bertz CT molecular complexity index is 564. The van der Waals surface area contributed by atoms with Crippen LogP contribution >= 0.6 is 0 Å². The minimum Gasteiger partial charge on any atom is -0.396 e. The van der Waals surface area contributed by atoms with Crippen LogP contribution in [0.1, 0.15) is 12.8 Å². The van der Waals surface area contributed by atoms with Gasteiger partial charge in [-0.15, -0.1) is 0 Å². The normalized spacial score (nSPS) is 17.0. The molecule has 0 atom stereocenters. The SMILES string of the molecule is Nc1cnc2ccccc2c1NCC1(O)CC1. The number of nitrogens with two attached hydrogens (primary N) is 1. The highest BCUT2D eigenvalue weighted by atomic mass is 16.3. The Kier molecular flexibility index (Phi) is 2.19. The van der Waals surface area contributed by atoms with Gasteiger partial charge < -0.3 is 16.2 Å². The Morgan fingerprint density at radius 2 is 2.12 bits per heavy atom. The van der Waals surface area contributed by atoms with Crippen LogP contribution in [0.25, 0.3) is 10.9 Å². The molecule has 4 nitrogen and oxygen atoms in total. The van der Waals surface area contributed by atoms with Crippen molar-refractivity contribution < 1.29 is 5.11 Å². The number of pyridine rings is 1. The predicted octanol–water partition coefficient (Wildman–Crippen LogP) is 1.75. The van der Waals surface area contributed by atoms with E-state index >= 15 is 0 Å². The van der Waals surface area contributed by atoms with Gasteiger partial charge in [0.15, 0.2) is 0 Å². The van der Waals surface area contributed by atoms with Gasteiger partial charge in [-0.05, 0) is 18.9 Å². The molecule has 1 aromatic heterocycles. The van der Waals surface area contributed by atoms with Crippen molar-refractivity contribution in [2.45, 2.75) is 18.4 Å². The first-order valence-electron chi connectivity index (χ1n) is 5.77. The minimum atomic E-state index is -0.531. The number of anilines is 2. The first-order valence-corrected chi connectivity index (χ1v) is 5.77. The maximum atomic E-state index is 9.83. The molecule has 88 valence electrons. The number of hydrogen-bond acceptors (Lipinski definition) is 4. The summed E-state index contributed by atoms with van der Waals surface area (Å²) in [5.41, 5.74) is 7.80. The highest BCUT2D eigenvalue weighted by Gasteiger charge is 2.40. The highest BCUT2D eigenvalue weighted by Crippen LogP contribution is 2.36. The second-order valence-corrected chi connectivity index (χ2v) is 4.68. The molecule has 1 aliphatic rings. The van der Waals surface area contributed by atoms with Crippen molar-refractivity contribution in [2.24, 2.45) is 0 Å². The van der Waals surface area contributed by atoms with Crippen molar-refractivity contribution in [1.82, 2.24) is 4.98 Å². The fourth-order valence-corrected chi connectivity index (χ4v) is 1.93. The molecule has 1 fully saturated rings. The zero-order chi connectivity index (χ0) is 11.9. The Labute approximate surface area is 99.5 Å². The predicted molar refractivity (Wildman–Crippen MR) is 68.8 cm³/mol. The molecule has 1 saturated carbocycles. The largest absolute Gasteiger partial charge is 0.396 e. The van der Waals surface area contributed by atoms with Crippen molar-refractivity contribution in [2.75, 3.05) is 17.6 Å². The van der Waals surface area contributed by atoms with Gasteiger partial charge in [0.25, 0.3) is 0 Å². The first kappa shape index (κ1) is 10.4. The molecule has 4 heteroatoms. The maximum absolute atomic E-state index is 9.83. The lowest BCUT2D eigenvalue weighted by atomic mass is 10.1. The molecule has 1 aliphatic carbocycles. The second kappa shape index (κ2) is 3.60. The zero-order valence-corrected chi connectivity index (χ0v) is 9.48. The summed E-state index contributed by atoms with van der Waals surface area (Å²) < 4.78 is 0. The summed E-state index contributed by atoms with van der Waals surface area (Å²) in [6.07, 6.45) is 3.38. The number of nitrogens with zero attached hydrogens (tertiary/aromatic N) is 1. The number of nitrogens with one attached hydrogen (secondary N) is 1. The third kappa shape index (κ3) is 1.91. The molecule has 4 N–H and O–H groups in total. The van der Waals surface area contributed by atoms with Gasteiger partial charge in [0.1, 0.15) is 0 Å². The van der Waals surface area contributed by atoms with Crippen LogP contribution in [0.2, 0.25) is 0 Å². The van der Waals surface area contributed by atoms with Crippen LogP contribution in [-0.4, -0.2) is 22.2 Å². The number of para-hydroxylation sites is 1. The molecule has 0 unspecified atom stereocenters. The Balaban J connectivity index is 1.98. The summed E-state index contributed by atoms with van der Waals surface area (Å²) in [6, 6.07) is 7.84. The molecule has 0 radical (unpaired) electrons. The molecule has 1 aromatic carbocycles. The quantitative estimate of drug-likeness (QED) is 0.750. The van der Waals surface area contributed by atoms with Crippen LogP contribution < -0.4 is 11.1 Å². The molecule has 0 spiro atoms. The molecule has 3 rings (SSSR count). The lowest BCUT2D eigenvalue weighted by molar-refractivity contribution is 0.164. The number of nitrogen functional groups attached to an aromatic ring is 1. The number of rotatable bonds is 3. The molecule has 17 heavy (non-hydrogen) atoms. The molecule has 0 amide bonds. The van der Waals surface area contributed by atoms with Gasteiger partial charge in [-0.2, -0.15) is 0 Å². The number of benzene rings is 1. The number of aliphatic hydroxyl groups is 1. The van der Waals surface area contributed by atoms with Crippen LogP contribution in [0.4, 0.5) is 11.4 Å². The molecule has 0 saturated heterocycles. The maximum Gasteiger partial charge on any atom is 0.0821 e. The Morgan fingerprint density at radius 3 is 2.88 bits per heavy atom. The van der Waals surface area contributed by atoms with E-state index in [1.165, 1.54) is 0 Å². The molecule has 0 aliphatic heterocycles. The first-order chi connectivity index (χ1) is 8.18. The van der Waals surface area contributed by atoms with Crippen LogP contribution in [0.3, 0.4) is 0 Å². The van der Waals surface area contributed by atoms with Gasteiger partial charge in [-0.25, -0.2) is 0 Å². The number of aromatic nitrogens is 1. The lowest BCUT2D eigenvalue weighted by Gasteiger charge is -2.14. The summed E-state index contributed by atoms with van der Waals surface area (Å²) >= 11 is 0. The van der Waals surface area contributed by atoms with Gasteiger partial charge in [0.05, 0.1) is 28.7 Å². The van der Waals surface area contributed by atoms with Crippen LogP contribution in [0, 0.1) is 0 Å². The Morgan fingerprint density at radius 1 is 1.35 bits per heavy atom. The summed E-state index contributed by atoms with van der Waals surface area (Å²) in [4.78, 5) is 4.27. The van der Waals surface area contributed by atoms with E-state index < -0.39 is 5.60 Å². The van der Waals surface area contributed by atoms with Gasteiger partial charge in [0, 0.05) is 11.9 Å². The fourth-order valence-electron chi connectivity index (χ4n) is 1.93. The molecular weight excluding hydrogens is 214 g/mol. The highest BCUT2D eigenvalue weighted by molar-refractivity contribution is 5.96. The number of hydrogen-bond donors (Lipinski definition) is 3. The van der Waals surface area contributed by atoms with Crippen molar-refractivity contribution in [3.63, 3.8) is 0 Å². The molecular formula is C13H15N3O. The molecule has 2 aromatic rings. The van der Waals surface area contributed by atoms with Crippen LogP contribution in [0.5, 0.6) is 0 Å². The van der Waals surface area contributed by atoms with Crippen molar-refractivity contribution in [3.8, 4) is 0 Å². The second-order valence-electron chi connectivity index (χ2n) is 4.68. The Hall–Kier alpha value is -1.81. The summed E-state index contributed by atoms with van der Waals surface area (Å²) in [5, 5.41) is 14.1. The monoisotopic (exact) mass is 229 g/mol. The summed E-state index contributed by atoms with van der Waals surface area (Å²) in [7, 11) is 0. The smallest absolute Gasteiger partial charge is 0.0821 e. The van der Waals surface area contributed by atoms with Crippen molar-refractivity contribution in [3.05, 3.63) is 30.5 Å². The average Bonchev–Trinajstić information content (AvgIpc) is 3.06. The lowest BCUT2D eigenvalue weighted by Crippen LogP contribution is -2.21. The number of fused-ring (bicyclic) bond motifs is 1. The van der Waals surface area contributed by atoms with Crippen molar-refractivity contribution in [1.29, 1.82) is 0 Å². The third-order valence-corrected chi connectivity index (χ3v) is 3.23. The summed E-state index contributed by atoms with van der Waals surface area (Å²) in [6.45, 7) is 0.547. The molecule has 0 bridgehead atoms. The van der Waals surface area contributed by atoms with E-state index in [0.717, 1.165) is 29.4 Å². The van der Waals surface area contributed by atoms with E-state index in [0.29, 0.717) is 12.2 Å². The standard InChI is InChI=1S/C13H15N3O/c14-10-7-15-11-4-2-1-3-9(11)12(10)16-8-13(17)5-6-13/h1-4,7,17H,5-6,8,14H2,(H,15,16). The van der Waals surface area contributed by atoms with E-state index in [2.05, 4.69) is 10.3 Å². The van der Waals surface area contributed by atoms with Crippen molar-refractivity contribution >= 4 is 22.3 Å². The fraction of sp³-hybridized carbons (Fsp3) is 0.308. The van der Waals surface area contributed by atoms with Gasteiger partial charge in [-0.3, -0.25) is 4.98 Å². The van der Waals surface area contributed by atoms with Gasteiger partial charge in [-0.1, -0.05) is 18.2 Å². The topological polar surface area (TPSA) is 71.2 Å². The summed E-state index contributed by atoms with van der Waals surface area (Å²) in [5.74, 6) is 0. The molecule has 1 heterocycles. The van der Waals surface area contributed by atoms with Gasteiger partial charge in [0.2, 0.25) is 0 Å². The van der Waals surface area contributed by atoms with Crippen LogP contribution in [0.15, 0.2) is 30.5 Å². The van der Waals surface area contributed by atoms with E-state index in [4.69, 9.17) is 5.73 Å².